The van der Waals surface area contributed by atoms with E-state index in [0.29, 0.717) is 25.3 Å². The minimum absolute atomic E-state index is 0.0921. The summed E-state index contributed by atoms with van der Waals surface area (Å²) in [5, 5.41) is 15.2. The molecule has 0 radical (unpaired) electrons. The molecule has 0 aliphatic heterocycles. The quantitative estimate of drug-likeness (QED) is 0.697. The van der Waals surface area contributed by atoms with Gasteiger partial charge in [-0.1, -0.05) is 18.2 Å². The number of amides is 2. The Hall–Kier alpha value is -2.47. The normalized spacial score (nSPS) is 11.7. The molecule has 1 unspecified atom stereocenters. The van der Waals surface area contributed by atoms with Gasteiger partial charge in [-0.2, -0.15) is 0 Å². The second-order valence-corrected chi connectivity index (χ2v) is 4.96. The van der Waals surface area contributed by atoms with Crippen molar-refractivity contribution >= 4 is 6.03 Å². The number of aliphatic hydroxyl groups is 1. The maximum absolute atomic E-state index is 11.7. The van der Waals surface area contributed by atoms with Crippen LogP contribution in [-0.2, 0) is 6.42 Å². The maximum Gasteiger partial charge on any atom is 0.314 e. The number of hydrogen-bond donors (Lipinski definition) is 3. The summed E-state index contributed by atoms with van der Waals surface area (Å²) in [5.74, 6) is 1.27. The third-order valence-electron chi connectivity index (χ3n) is 3.28. The third kappa shape index (κ3) is 5.34. The zero-order valence-corrected chi connectivity index (χ0v) is 13.1. The molecule has 0 saturated carbocycles. The standard InChI is InChI=1S/C17H22N2O4/c1-2-22-15-7-4-3-6-13(15)9-10-18-17(21)19-12-14(20)16-8-5-11-23-16/h3-8,11,14,20H,2,9-10,12H2,1H3,(H2,18,19,21). The van der Waals surface area contributed by atoms with Gasteiger partial charge in [0.25, 0.3) is 0 Å². The lowest BCUT2D eigenvalue weighted by atomic mass is 10.1. The first kappa shape index (κ1) is 16.9. The maximum atomic E-state index is 11.7. The number of nitrogens with one attached hydrogen (secondary N) is 2. The molecule has 0 spiro atoms. The van der Waals surface area contributed by atoms with Crippen molar-refractivity contribution in [1.29, 1.82) is 0 Å². The summed E-state index contributed by atoms with van der Waals surface area (Å²) in [5.41, 5.74) is 1.05. The molecule has 6 heteroatoms. The van der Waals surface area contributed by atoms with Crippen molar-refractivity contribution in [3.05, 3.63) is 54.0 Å². The van der Waals surface area contributed by atoms with Crippen LogP contribution in [0.15, 0.2) is 47.1 Å². The van der Waals surface area contributed by atoms with Gasteiger partial charge in [0.1, 0.15) is 17.6 Å². The fourth-order valence-corrected chi connectivity index (χ4v) is 2.15. The van der Waals surface area contributed by atoms with E-state index in [4.69, 9.17) is 9.15 Å². The van der Waals surface area contributed by atoms with Gasteiger partial charge in [0, 0.05) is 6.54 Å². The topological polar surface area (TPSA) is 83.7 Å². The van der Waals surface area contributed by atoms with Crippen molar-refractivity contribution in [2.45, 2.75) is 19.4 Å². The highest BCUT2D eigenvalue weighted by Crippen LogP contribution is 2.18. The largest absolute Gasteiger partial charge is 0.494 e. The number of para-hydroxylation sites is 1. The Morgan fingerprint density at radius 3 is 2.83 bits per heavy atom. The molecule has 0 saturated heterocycles. The molecule has 0 fully saturated rings. The molecule has 2 amide bonds. The van der Waals surface area contributed by atoms with Crippen molar-refractivity contribution in [3.63, 3.8) is 0 Å². The van der Waals surface area contributed by atoms with Gasteiger partial charge in [0.05, 0.1) is 19.4 Å². The van der Waals surface area contributed by atoms with Crippen LogP contribution >= 0.6 is 0 Å². The van der Waals surface area contributed by atoms with E-state index < -0.39 is 6.10 Å². The fraction of sp³-hybridized carbons (Fsp3) is 0.353. The zero-order valence-electron chi connectivity index (χ0n) is 13.1. The molecule has 0 bridgehead atoms. The Kier molecular flexibility index (Phi) is 6.50. The van der Waals surface area contributed by atoms with Gasteiger partial charge in [-0.3, -0.25) is 0 Å². The van der Waals surface area contributed by atoms with Crippen molar-refractivity contribution in [1.82, 2.24) is 10.6 Å². The molecular weight excluding hydrogens is 296 g/mol. The Morgan fingerprint density at radius 1 is 1.26 bits per heavy atom. The molecule has 3 N–H and O–H groups in total. The van der Waals surface area contributed by atoms with Crippen LogP contribution < -0.4 is 15.4 Å². The molecule has 2 aromatic rings. The zero-order chi connectivity index (χ0) is 16.5. The number of benzene rings is 1. The number of rotatable bonds is 8. The summed E-state index contributed by atoms with van der Waals surface area (Å²) in [6.07, 6.45) is 1.30. The predicted molar refractivity (Wildman–Crippen MR) is 86.4 cm³/mol. The molecule has 0 aliphatic rings. The van der Waals surface area contributed by atoms with E-state index in [0.717, 1.165) is 11.3 Å². The molecule has 2 rings (SSSR count). The van der Waals surface area contributed by atoms with Crippen LogP contribution in [-0.4, -0.2) is 30.8 Å². The number of ether oxygens (including phenoxy) is 1. The molecule has 1 heterocycles. The minimum Gasteiger partial charge on any atom is -0.494 e. The highest BCUT2D eigenvalue weighted by molar-refractivity contribution is 5.73. The smallest absolute Gasteiger partial charge is 0.314 e. The van der Waals surface area contributed by atoms with Crippen LogP contribution in [0.3, 0.4) is 0 Å². The molecule has 1 aromatic heterocycles. The summed E-state index contributed by atoms with van der Waals surface area (Å²) in [4.78, 5) is 11.7. The summed E-state index contributed by atoms with van der Waals surface area (Å²) >= 11 is 0. The van der Waals surface area contributed by atoms with Crippen molar-refractivity contribution in [2.24, 2.45) is 0 Å². The number of urea groups is 1. The van der Waals surface area contributed by atoms with Crippen molar-refractivity contribution in [2.75, 3.05) is 19.7 Å². The van der Waals surface area contributed by atoms with Crippen LogP contribution in [0.5, 0.6) is 5.75 Å². The van der Waals surface area contributed by atoms with Crippen LogP contribution in [0.1, 0.15) is 24.4 Å². The second-order valence-electron chi connectivity index (χ2n) is 4.96. The van der Waals surface area contributed by atoms with Gasteiger partial charge in [-0.15, -0.1) is 0 Å². The van der Waals surface area contributed by atoms with Gasteiger partial charge in [0.15, 0.2) is 0 Å². The van der Waals surface area contributed by atoms with Crippen LogP contribution in [0, 0.1) is 0 Å². The molecule has 1 aromatic carbocycles. The van der Waals surface area contributed by atoms with Crippen LogP contribution in [0.4, 0.5) is 4.79 Å². The Morgan fingerprint density at radius 2 is 2.09 bits per heavy atom. The summed E-state index contributed by atoms with van der Waals surface area (Å²) in [6, 6.07) is 10.8. The van der Waals surface area contributed by atoms with Gasteiger partial charge in [-0.25, -0.2) is 4.79 Å². The average Bonchev–Trinajstić information content (AvgIpc) is 3.09. The van der Waals surface area contributed by atoms with E-state index in [-0.39, 0.29) is 12.6 Å². The van der Waals surface area contributed by atoms with Crippen LogP contribution in [0.25, 0.3) is 0 Å². The number of carbonyl (C=O) groups excluding carboxylic acids is 1. The Labute approximate surface area is 135 Å². The summed E-state index contributed by atoms with van der Waals surface area (Å²) < 4.78 is 10.6. The number of aliphatic hydroxyl groups excluding tert-OH is 1. The number of carbonyl (C=O) groups is 1. The van der Waals surface area contributed by atoms with Crippen molar-refractivity contribution in [3.8, 4) is 5.75 Å². The lowest BCUT2D eigenvalue weighted by molar-refractivity contribution is 0.148. The van der Waals surface area contributed by atoms with E-state index in [9.17, 15) is 9.90 Å². The first-order chi connectivity index (χ1) is 11.2. The molecular formula is C17H22N2O4. The SMILES string of the molecule is CCOc1ccccc1CCNC(=O)NCC(O)c1ccco1. The number of furan rings is 1. The van der Waals surface area contributed by atoms with Gasteiger partial charge in [0.2, 0.25) is 0 Å². The molecule has 1 atom stereocenters. The van der Waals surface area contributed by atoms with E-state index in [1.165, 1.54) is 6.26 Å². The first-order valence-electron chi connectivity index (χ1n) is 7.64. The lowest BCUT2D eigenvalue weighted by Gasteiger charge is -2.12. The molecule has 124 valence electrons. The van der Waals surface area contributed by atoms with E-state index in [1.807, 2.05) is 31.2 Å². The minimum atomic E-state index is -0.852. The molecule has 23 heavy (non-hydrogen) atoms. The summed E-state index contributed by atoms with van der Waals surface area (Å²) in [7, 11) is 0. The summed E-state index contributed by atoms with van der Waals surface area (Å²) in [6.45, 7) is 3.12. The first-order valence-corrected chi connectivity index (χ1v) is 7.64. The molecule has 0 aliphatic carbocycles. The second kappa shape index (κ2) is 8.85. The Bertz CT molecular complexity index is 598. The van der Waals surface area contributed by atoms with Gasteiger partial charge in [-0.05, 0) is 37.1 Å². The molecule has 6 nitrogen and oxygen atoms in total. The van der Waals surface area contributed by atoms with Crippen LogP contribution in [0.2, 0.25) is 0 Å². The fourth-order valence-electron chi connectivity index (χ4n) is 2.15. The van der Waals surface area contributed by atoms with Gasteiger partial charge < -0.3 is 24.9 Å². The lowest BCUT2D eigenvalue weighted by Crippen LogP contribution is -2.38. The highest BCUT2D eigenvalue weighted by atomic mass is 16.5. The Balaban J connectivity index is 1.71. The monoisotopic (exact) mass is 318 g/mol. The third-order valence-corrected chi connectivity index (χ3v) is 3.28. The average molecular weight is 318 g/mol. The van der Waals surface area contributed by atoms with E-state index >= 15 is 0 Å². The number of hydrogen-bond acceptors (Lipinski definition) is 4. The van der Waals surface area contributed by atoms with E-state index in [1.54, 1.807) is 12.1 Å². The highest BCUT2D eigenvalue weighted by Gasteiger charge is 2.11. The van der Waals surface area contributed by atoms with Crippen molar-refractivity contribution < 1.29 is 19.1 Å². The van der Waals surface area contributed by atoms with E-state index in [2.05, 4.69) is 10.6 Å². The predicted octanol–water partition coefficient (Wildman–Crippen LogP) is 2.25. The van der Waals surface area contributed by atoms with Gasteiger partial charge >= 0.3 is 6.03 Å².